The van der Waals surface area contributed by atoms with Crippen LogP contribution in [0.5, 0.6) is 0 Å². The second-order valence-electron chi connectivity index (χ2n) is 3.43. The number of hydrogen-bond acceptors (Lipinski definition) is 4. The number of nitrogens with one attached hydrogen (secondary N) is 2. The van der Waals surface area contributed by atoms with Crippen LogP contribution < -0.4 is 10.6 Å². The van der Waals surface area contributed by atoms with E-state index in [1.807, 2.05) is 24.3 Å². The van der Waals surface area contributed by atoms with Crippen molar-refractivity contribution < 1.29 is 4.79 Å². The van der Waals surface area contributed by atoms with Crippen LogP contribution in [0.15, 0.2) is 23.1 Å². The SMILES string of the molecule is N#CCNCc1ccc2c(c1)NC(=O)CS2. The van der Waals surface area contributed by atoms with Crippen molar-refractivity contribution in [1.82, 2.24) is 5.32 Å². The maximum absolute atomic E-state index is 11.2. The number of rotatable bonds is 3. The summed E-state index contributed by atoms with van der Waals surface area (Å²) in [7, 11) is 0. The lowest BCUT2D eigenvalue weighted by atomic mass is 10.2. The number of nitriles is 1. The van der Waals surface area contributed by atoms with E-state index in [2.05, 4.69) is 10.6 Å². The Bertz CT molecular complexity index is 453. The van der Waals surface area contributed by atoms with Crippen molar-refractivity contribution in [3.63, 3.8) is 0 Å². The molecule has 0 atom stereocenters. The maximum Gasteiger partial charge on any atom is 0.234 e. The summed E-state index contributed by atoms with van der Waals surface area (Å²) in [6, 6.07) is 7.98. The molecule has 82 valence electrons. The van der Waals surface area contributed by atoms with Crippen LogP contribution in [0.4, 0.5) is 5.69 Å². The van der Waals surface area contributed by atoms with Crippen LogP contribution in [-0.2, 0) is 11.3 Å². The van der Waals surface area contributed by atoms with Gasteiger partial charge >= 0.3 is 0 Å². The van der Waals surface area contributed by atoms with Crippen LogP contribution in [0.2, 0.25) is 0 Å². The number of nitrogens with zero attached hydrogens (tertiary/aromatic N) is 1. The molecule has 5 heteroatoms. The van der Waals surface area contributed by atoms with Gasteiger partial charge in [-0.05, 0) is 17.7 Å². The lowest BCUT2D eigenvalue weighted by Crippen LogP contribution is -2.19. The summed E-state index contributed by atoms with van der Waals surface area (Å²) < 4.78 is 0. The second-order valence-corrected chi connectivity index (χ2v) is 4.45. The minimum Gasteiger partial charge on any atom is -0.324 e. The van der Waals surface area contributed by atoms with Gasteiger partial charge in [0.25, 0.3) is 0 Å². The molecule has 0 saturated heterocycles. The largest absolute Gasteiger partial charge is 0.324 e. The zero-order valence-corrected chi connectivity index (χ0v) is 9.43. The van der Waals surface area contributed by atoms with E-state index in [-0.39, 0.29) is 5.91 Å². The standard InChI is InChI=1S/C11H11N3OS/c12-3-4-13-6-8-1-2-10-9(5-8)14-11(15)7-16-10/h1-2,5,13H,4,6-7H2,(H,14,15). The third-order valence-corrected chi connectivity index (χ3v) is 3.28. The van der Waals surface area contributed by atoms with Gasteiger partial charge in [0, 0.05) is 11.4 Å². The zero-order valence-electron chi connectivity index (χ0n) is 8.62. The highest BCUT2D eigenvalue weighted by molar-refractivity contribution is 8.00. The number of benzene rings is 1. The number of carbonyl (C=O) groups excluding carboxylic acids is 1. The fraction of sp³-hybridized carbons (Fsp3) is 0.273. The fourth-order valence-electron chi connectivity index (χ4n) is 1.50. The number of hydrogen-bond donors (Lipinski definition) is 2. The Morgan fingerprint density at radius 2 is 2.44 bits per heavy atom. The molecule has 0 bridgehead atoms. The van der Waals surface area contributed by atoms with Gasteiger partial charge in [-0.15, -0.1) is 11.8 Å². The van der Waals surface area contributed by atoms with Crippen LogP contribution in [0.25, 0.3) is 0 Å². The van der Waals surface area contributed by atoms with E-state index >= 15 is 0 Å². The van der Waals surface area contributed by atoms with Gasteiger partial charge in [0.15, 0.2) is 0 Å². The van der Waals surface area contributed by atoms with E-state index < -0.39 is 0 Å². The molecule has 0 spiro atoms. The Morgan fingerprint density at radius 3 is 3.25 bits per heavy atom. The van der Waals surface area contributed by atoms with Gasteiger partial charge in [-0.3, -0.25) is 4.79 Å². The molecule has 16 heavy (non-hydrogen) atoms. The quantitative estimate of drug-likeness (QED) is 0.611. The van der Waals surface area contributed by atoms with Crippen LogP contribution in [0.1, 0.15) is 5.56 Å². The summed E-state index contributed by atoms with van der Waals surface area (Å²) in [4.78, 5) is 12.3. The van der Waals surface area contributed by atoms with Crippen LogP contribution >= 0.6 is 11.8 Å². The predicted molar refractivity (Wildman–Crippen MR) is 63.1 cm³/mol. The first kappa shape index (κ1) is 11.0. The van der Waals surface area contributed by atoms with Gasteiger partial charge in [0.1, 0.15) is 0 Å². The van der Waals surface area contributed by atoms with Crippen molar-refractivity contribution in [2.75, 3.05) is 17.6 Å². The Morgan fingerprint density at radius 1 is 1.56 bits per heavy atom. The first-order chi connectivity index (χ1) is 7.79. The molecule has 1 aliphatic rings. The van der Waals surface area contributed by atoms with Crippen molar-refractivity contribution in [2.45, 2.75) is 11.4 Å². The third kappa shape index (κ3) is 2.54. The lowest BCUT2D eigenvalue weighted by Gasteiger charge is -2.17. The number of carbonyl (C=O) groups is 1. The molecule has 1 aromatic rings. The molecule has 0 aliphatic carbocycles. The summed E-state index contributed by atoms with van der Waals surface area (Å²) in [5.74, 6) is 0.526. The highest BCUT2D eigenvalue weighted by atomic mass is 32.2. The van der Waals surface area contributed by atoms with Crippen LogP contribution in [0.3, 0.4) is 0 Å². The Balaban J connectivity index is 2.09. The number of anilines is 1. The lowest BCUT2D eigenvalue weighted by molar-refractivity contribution is -0.113. The molecular formula is C11H11N3OS. The van der Waals surface area contributed by atoms with E-state index in [4.69, 9.17) is 5.26 Å². The van der Waals surface area contributed by atoms with Crippen LogP contribution in [-0.4, -0.2) is 18.2 Å². The van der Waals surface area contributed by atoms with E-state index in [1.165, 1.54) is 0 Å². The molecule has 4 nitrogen and oxygen atoms in total. The maximum atomic E-state index is 11.2. The minimum absolute atomic E-state index is 0.0413. The average Bonchev–Trinajstić information content (AvgIpc) is 2.29. The molecule has 1 amide bonds. The third-order valence-electron chi connectivity index (χ3n) is 2.21. The zero-order chi connectivity index (χ0) is 11.4. The minimum atomic E-state index is 0.0413. The predicted octanol–water partition coefficient (Wildman–Crippen LogP) is 1.34. The topological polar surface area (TPSA) is 64.9 Å². The molecule has 0 aromatic heterocycles. The smallest absolute Gasteiger partial charge is 0.234 e. The molecule has 2 N–H and O–H groups in total. The Kier molecular flexibility index (Phi) is 3.44. The van der Waals surface area contributed by atoms with Crippen LogP contribution in [0, 0.1) is 11.3 Å². The van der Waals surface area contributed by atoms with E-state index in [0.29, 0.717) is 18.8 Å². The Labute approximate surface area is 98.0 Å². The summed E-state index contributed by atoms with van der Waals surface area (Å²) in [6.07, 6.45) is 0. The summed E-state index contributed by atoms with van der Waals surface area (Å²) in [6.45, 7) is 0.972. The average molecular weight is 233 g/mol. The Hall–Kier alpha value is -1.51. The molecule has 1 aliphatic heterocycles. The number of thioether (sulfide) groups is 1. The van der Waals surface area contributed by atoms with Crippen molar-refractivity contribution in [3.8, 4) is 6.07 Å². The summed E-state index contributed by atoms with van der Waals surface area (Å²) >= 11 is 1.55. The fourth-order valence-corrected chi connectivity index (χ4v) is 2.29. The van der Waals surface area contributed by atoms with Crippen molar-refractivity contribution in [2.24, 2.45) is 0 Å². The molecular weight excluding hydrogens is 222 g/mol. The second kappa shape index (κ2) is 5.01. The van der Waals surface area contributed by atoms with E-state index in [9.17, 15) is 4.79 Å². The highest BCUT2D eigenvalue weighted by Gasteiger charge is 2.14. The van der Waals surface area contributed by atoms with Gasteiger partial charge in [-0.2, -0.15) is 5.26 Å². The van der Waals surface area contributed by atoms with Gasteiger partial charge in [0.05, 0.1) is 24.1 Å². The van der Waals surface area contributed by atoms with E-state index in [0.717, 1.165) is 16.1 Å². The first-order valence-electron chi connectivity index (χ1n) is 4.93. The van der Waals surface area contributed by atoms with Gasteiger partial charge < -0.3 is 10.6 Å². The number of amides is 1. The molecule has 0 radical (unpaired) electrons. The molecule has 1 aromatic carbocycles. The van der Waals surface area contributed by atoms with Gasteiger partial charge in [0.2, 0.25) is 5.91 Å². The molecule has 1 heterocycles. The van der Waals surface area contributed by atoms with Gasteiger partial charge in [-0.25, -0.2) is 0 Å². The highest BCUT2D eigenvalue weighted by Crippen LogP contribution is 2.31. The molecule has 0 unspecified atom stereocenters. The molecule has 2 rings (SSSR count). The first-order valence-corrected chi connectivity index (χ1v) is 5.91. The van der Waals surface area contributed by atoms with Crippen molar-refractivity contribution >= 4 is 23.4 Å². The van der Waals surface area contributed by atoms with E-state index in [1.54, 1.807) is 11.8 Å². The summed E-state index contributed by atoms with van der Waals surface area (Å²) in [5, 5.41) is 14.2. The monoisotopic (exact) mass is 233 g/mol. The van der Waals surface area contributed by atoms with Gasteiger partial charge in [-0.1, -0.05) is 6.07 Å². The normalized spacial score (nSPS) is 13.8. The summed E-state index contributed by atoms with van der Waals surface area (Å²) in [5.41, 5.74) is 1.94. The van der Waals surface area contributed by atoms with Crippen molar-refractivity contribution in [3.05, 3.63) is 23.8 Å². The molecule has 0 fully saturated rings. The molecule has 0 saturated carbocycles. The van der Waals surface area contributed by atoms with Crippen molar-refractivity contribution in [1.29, 1.82) is 5.26 Å². The number of fused-ring (bicyclic) bond motifs is 1.